The third-order valence-corrected chi connectivity index (χ3v) is 2.34. The molecule has 0 amide bonds. The van der Waals surface area contributed by atoms with Gasteiger partial charge in [0.15, 0.2) is 0 Å². The molecule has 4 heteroatoms. The summed E-state index contributed by atoms with van der Waals surface area (Å²) < 4.78 is 13.5. The van der Waals surface area contributed by atoms with Crippen molar-refractivity contribution in [1.29, 1.82) is 0 Å². The highest BCUT2D eigenvalue weighted by molar-refractivity contribution is 6.31. The summed E-state index contributed by atoms with van der Waals surface area (Å²) >= 11 is 5.82. The van der Waals surface area contributed by atoms with Crippen LogP contribution in [0.5, 0.6) is 0 Å². The second-order valence-electron chi connectivity index (χ2n) is 3.82. The fourth-order valence-electron chi connectivity index (χ4n) is 1.33. The van der Waals surface area contributed by atoms with Crippen LogP contribution in [0.4, 0.5) is 4.39 Å². The number of benzene rings is 1. The highest BCUT2D eigenvalue weighted by Gasteiger charge is 2.14. The zero-order valence-corrected chi connectivity index (χ0v) is 9.31. The van der Waals surface area contributed by atoms with Crippen LogP contribution in [0.3, 0.4) is 0 Å². The van der Waals surface area contributed by atoms with Gasteiger partial charge in [-0.05, 0) is 24.5 Å². The van der Waals surface area contributed by atoms with E-state index in [2.05, 4.69) is 0 Å². The molecule has 0 aliphatic heterocycles. The maximum absolute atomic E-state index is 13.5. The van der Waals surface area contributed by atoms with Gasteiger partial charge in [0.25, 0.3) is 0 Å². The predicted molar refractivity (Wildman–Crippen MR) is 56.9 cm³/mol. The maximum atomic E-state index is 13.5. The molecular weight excluding hydrogens is 219 g/mol. The number of hydrogen-bond acceptors (Lipinski definition) is 1. The lowest BCUT2D eigenvalue weighted by Gasteiger charge is -2.09. The van der Waals surface area contributed by atoms with Crippen LogP contribution >= 0.6 is 11.6 Å². The third kappa shape index (κ3) is 2.93. The summed E-state index contributed by atoms with van der Waals surface area (Å²) in [7, 11) is 0. The molecule has 0 spiro atoms. The zero-order chi connectivity index (χ0) is 11.6. The second kappa shape index (κ2) is 4.62. The lowest BCUT2D eigenvalue weighted by Crippen LogP contribution is -2.03. The molecule has 82 valence electrons. The highest BCUT2D eigenvalue weighted by Crippen LogP contribution is 2.24. The predicted octanol–water partition coefficient (Wildman–Crippen LogP) is 3.38. The first-order chi connectivity index (χ1) is 6.91. The van der Waals surface area contributed by atoms with Crippen molar-refractivity contribution in [2.45, 2.75) is 20.3 Å². The Bertz CT molecular complexity index is 365. The first-order valence-corrected chi connectivity index (χ1v) is 5.00. The van der Waals surface area contributed by atoms with E-state index < -0.39 is 11.8 Å². The lowest BCUT2D eigenvalue weighted by molar-refractivity contribution is 0.0696. The van der Waals surface area contributed by atoms with Crippen molar-refractivity contribution >= 4 is 17.6 Å². The molecule has 0 aromatic heterocycles. The van der Waals surface area contributed by atoms with Gasteiger partial charge in [-0.15, -0.1) is 0 Å². The molecular formula is C11H12ClFO2. The molecule has 1 aromatic carbocycles. The van der Waals surface area contributed by atoms with E-state index in [1.165, 1.54) is 6.07 Å². The smallest absolute Gasteiger partial charge is 0.335 e. The molecule has 0 unspecified atom stereocenters. The Morgan fingerprint density at radius 1 is 1.53 bits per heavy atom. The summed E-state index contributed by atoms with van der Waals surface area (Å²) in [6.07, 6.45) is 0.505. The van der Waals surface area contributed by atoms with Gasteiger partial charge in [0, 0.05) is 10.6 Å². The molecule has 0 fully saturated rings. The second-order valence-corrected chi connectivity index (χ2v) is 4.23. The van der Waals surface area contributed by atoms with Crippen molar-refractivity contribution in [1.82, 2.24) is 0 Å². The molecule has 1 rings (SSSR count). The largest absolute Gasteiger partial charge is 0.478 e. The Labute approximate surface area is 92.7 Å². The summed E-state index contributed by atoms with van der Waals surface area (Å²) in [6.45, 7) is 3.89. The van der Waals surface area contributed by atoms with Gasteiger partial charge in [-0.1, -0.05) is 25.4 Å². The number of carbonyl (C=O) groups is 1. The zero-order valence-electron chi connectivity index (χ0n) is 8.55. The van der Waals surface area contributed by atoms with Gasteiger partial charge >= 0.3 is 5.97 Å². The van der Waals surface area contributed by atoms with Crippen molar-refractivity contribution in [3.63, 3.8) is 0 Å². The fraction of sp³-hybridized carbons (Fsp3) is 0.364. The Morgan fingerprint density at radius 3 is 2.53 bits per heavy atom. The SMILES string of the molecule is CC(C)Cc1c(F)cc(C(=O)O)cc1Cl. The van der Waals surface area contributed by atoms with Crippen LogP contribution in [-0.2, 0) is 6.42 Å². The first kappa shape index (κ1) is 12.0. The quantitative estimate of drug-likeness (QED) is 0.865. The van der Waals surface area contributed by atoms with Gasteiger partial charge < -0.3 is 5.11 Å². The molecule has 0 saturated carbocycles. The number of rotatable bonds is 3. The Balaban J connectivity index is 3.15. The molecule has 1 aromatic rings. The standard InChI is InChI=1S/C11H12ClFO2/c1-6(2)3-8-9(12)4-7(11(14)15)5-10(8)13/h4-6H,3H2,1-2H3,(H,14,15). The van der Waals surface area contributed by atoms with E-state index >= 15 is 0 Å². The van der Waals surface area contributed by atoms with Crippen molar-refractivity contribution < 1.29 is 14.3 Å². The van der Waals surface area contributed by atoms with Crippen molar-refractivity contribution in [3.05, 3.63) is 34.1 Å². The topological polar surface area (TPSA) is 37.3 Å². The van der Waals surface area contributed by atoms with Crippen LogP contribution < -0.4 is 0 Å². The average Bonchev–Trinajstić information content (AvgIpc) is 2.10. The number of aromatic carboxylic acids is 1. The molecule has 0 radical (unpaired) electrons. The fourth-order valence-corrected chi connectivity index (χ4v) is 1.61. The van der Waals surface area contributed by atoms with E-state index in [-0.39, 0.29) is 16.5 Å². The van der Waals surface area contributed by atoms with E-state index in [1.54, 1.807) is 0 Å². The van der Waals surface area contributed by atoms with Crippen molar-refractivity contribution in [3.8, 4) is 0 Å². The summed E-state index contributed by atoms with van der Waals surface area (Å²) in [4.78, 5) is 10.6. The van der Waals surface area contributed by atoms with Gasteiger partial charge in [0.05, 0.1) is 5.56 Å². The van der Waals surface area contributed by atoms with Crippen LogP contribution in [0.25, 0.3) is 0 Å². The summed E-state index contributed by atoms with van der Waals surface area (Å²) in [5.74, 6) is -1.45. The van der Waals surface area contributed by atoms with E-state index in [1.807, 2.05) is 13.8 Å². The van der Waals surface area contributed by atoms with Gasteiger partial charge in [0.1, 0.15) is 5.82 Å². The minimum absolute atomic E-state index is 0.120. The molecule has 2 nitrogen and oxygen atoms in total. The summed E-state index contributed by atoms with van der Waals surface area (Å²) in [6, 6.07) is 2.29. The van der Waals surface area contributed by atoms with E-state index in [4.69, 9.17) is 16.7 Å². The monoisotopic (exact) mass is 230 g/mol. The number of carboxylic acids is 1. The highest BCUT2D eigenvalue weighted by atomic mass is 35.5. The Hall–Kier alpha value is -1.09. The number of carboxylic acid groups (broad SMARTS) is 1. The Kier molecular flexibility index (Phi) is 3.69. The number of halogens is 2. The van der Waals surface area contributed by atoms with E-state index in [0.29, 0.717) is 12.0 Å². The Morgan fingerprint density at radius 2 is 2.13 bits per heavy atom. The normalized spacial score (nSPS) is 10.7. The molecule has 0 heterocycles. The van der Waals surface area contributed by atoms with Gasteiger partial charge in [0.2, 0.25) is 0 Å². The van der Waals surface area contributed by atoms with E-state index in [0.717, 1.165) is 6.07 Å². The van der Waals surface area contributed by atoms with Crippen molar-refractivity contribution in [2.75, 3.05) is 0 Å². The third-order valence-electron chi connectivity index (χ3n) is 2.00. The molecule has 15 heavy (non-hydrogen) atoms. The minimum Gasteiger partial charge on any atom is -0.478 e. The minimum atomic E-state index is -1.17. The molecule has 0 aliphatic carbocycles. The summed E-state index contributed by atoms with van der Waals surface area (Å²) in [5, 5.41) is 8.86. The summed E-state index contributed by atoms with van der Waals surface area (Å²) in [5.41, 5.74) is 0.265. The van der Waals surface area contributed by atoms with Crippen LogP contribution in [0.15, 0.2) is 12.1 Å². The van der Waals surface area contributed by atoms with Gasteiger partial charge in [-0.3, -0.25) is 0 Å². The van der Waals surface area contributed by atoms with Gasteiger partial charge in [-0.2, -0.15) is 0 Å². The molecule has 0 bridgehead atoms. The van der Waals surface area contributed by atoms with Crippen LogP contribution in [-0.4, -0.2) is 11.1 Å². The van der Waals surface area contributed by atoms with E-state index in [9.17, 15) is 9.18 Å². The maximum Gasteiger partial charge on any atom is 0.335 e. The lowest BCUT2D eigenvalue weighted by atomic mass is 10.0. The average molecular weight is 231 g/mol. The van der Waals surface area contributed by atoms with Crippen LogP contribution in [0.2, 0.25) is 5.02 Å². The molecule has 0 aliphatic rings. The van der Waals surface area contributed by atoms with Gasteiger partial charge in [-0.25, -0.2) is 9.18 Å². The first-order valence-electron chi connectivity index (χ1n) is 4.63. The van der Waals surface area contributed by atoms with Crippen LogP contribution in [0, 0.1) is 11.7 Å². The number of hydrogen-bond donors (Lipinski definition) is 1. The van der Waals surface area contributed by atoms with Crippen molar-refractivity contribution in [2.24, 2.45) is 5.92 Å². The molecule has 0 atom stereocenters. The molecule has 1 N–H and O–H groups in total. The molecule has 0 saturated heterocycles. The van der Waals surface area contributed by atoms with Crippen LogP contribution in [0.1, 0.15) is 29.8 Å².